The summed E-state index contributed by atoms with van der Waals surface area (Å²) in [7, 11) is 0. The number of phenols is 2. The molecule has 0 bridgehead atoms. The zero-order chi connectivity index (χ0) is 9.35. The number of hydrogen-bond acceptors (Lipinski definition) is 4. The number of aromatic hydroxyl groups is 2. The van der Waals surface area contributed by atoms with Crippen LogP contribution in [0.2, 0.25) is 0 Å². The van der Waals surface area contributed by atoms with Crippen molar-refractivity contribution in [2.75, 3.05) is 0 Å². The van der Waals surface area contributed by atoms with Crippen LogP contribution in [0.25, 0.3) is 0 Å². The highest BCUT2D eigenvalue weighted by Crippen LogP contribution is 2.28. The van der Waals surface area contributed by atoms with Gasteiger partial charge in [-0.05, 0) is 19.1 Å². The summed E-state index contributed by atoms with van der Waals surface area (Å²) in [6, 6.07) is 3.93. The van der Waals surface area contributed by atoms with Crippen molar-refractivity contribution in [2.24, 2.45) is 5.73 Å². The van der Waals surface area contributed by atoms with Crippen molar-refractivity contribution < 1.29 is 15.3 Å². The van der Waals surface area contributed by atoms with Gasteiger partial charge in [-0.25, -0.2) is 0 Å². The summed E-state index contributed by atoms with van der Waals surface area (Å²) in [5.74, 6) is -0.527. The Balaban J connectivity index is 3.14. The number of rotatable bonds is 1. The molecule has 0 spiro atoms. The van der Waals surface area contributed by atoms with Crippen LogP contribution in [0.3, 0.4) is 0 Å². The molecule has 0 heterocycles. The van der Waals surface area contributed by atoms with Gasteiger partial charge in [0, 0.05) is 5.56 Å². The topological polar surface area (TPSA) is 86.7 Å². The molecular formula is C8H11NO3. The first kappa shape index (κ1) is 8.83. The molecule has 0 fully saturated rings. The van der Waals surface area contributed by atoms with Crippen LogP contribution in [0, 0.1) is 0 Å². The van der Waals surface area contributed by atoms with Crippen LogP contribution in [0.15, 0.2) is 18.2 Å². The minimum Gasteiger partial charge on any atom is -0.504 e. The zero-order valence-electron chi connectivity index (χ0n) is 6.65. The van der Waals surface area contributed by atoms with Crippen LogP contribution in [-0.4, -0.2) is 15.3 Å². The lowest BCUT2D eigenvalue weighted by Gasteiger charge is -2.17. The number of nitrogens with two attached hydrogens (primary N) is 1. The predicted molar refractivity (Wildman–Crippen MR) is 43.5 cm³/mol. The summed E-state index contributed by atoms with van der Waals surface area (Å²) in [5.41, 5.74) is 4.19. The van der Waals surface area contributed by atoms with Gasteiger partial charge in [0.15, 0.2) is 11.5 Å². The average molecular weight is 169 g/mol. The Morgan fingerprint density at radius 3 is 2.25 bits per heavy atom. The minimum absolute atomic E-state index is 0.233. The quantitative estimate of drug-likeness (QED) is 0.358. The van der Waals surface area contributed by atoms with Crippen LogP contribution in [-0.2, 0) is 5.72 Å². The van der Waals surface area contributed by atoms with E-state index >= 15 is 0 Å². The molecule has 0 aliphatic heterocycles. The maximum absolute atomic E-state index is 9.29. The van der Waals surface area contributed by atoms with Gasteiger partial charge in [-0.1, -0.05) is 6.07 Å². The Morgan fingerprint density at radius 1 is 1.25 bits per heavy atom. The number of hydrogen-bond donors (Lipinski definition) is 4. The maximum Gasteiger partial charge on any atom is 0.157 e. The molecule has 4 nitrogen and oxygen atoms in total. The third kappa shape index (κ3) is 1.66. The summed E-state index contributed by atoms with van der Waals surface area (Å²) in [6.45, 7) is 1.39. The van der Waals surface area contributed by atoms with E-state index < -0.39 is 5.72 Å². The van der Waals surface area contributed by atoms with E-state index in [1.807, 2.05) is 0 Å². The fourth-order valence-electron chi connectivity index (χ4n) is 0.838. The lowest BCUT2D eigenvalue weighted by atomic mass is 10.1. The Labute approximate surface area is 69.9 Å². The number of benzene rings is 1. The van der Waals surface area contributed by atoms with Crippen molar-refractivity contribution in [3.05, 3.63) is 23.8 Å². The molecule has 0 saturated carbocycles. The van der Waals surface area contributed by atoms with E-state index in [9.17, 15) is 5.11 Å². The molecular weight excluding hydrogens is 158 g/mol. The molecule has 1 aromatic rings. The summed E-state index contributed by atoms with van der Waals surface area (Å²) in [5, 5.41) is 27.3. The van der Waals surface area contributed by atoms with Gasteiger partial charge >= 0.3 is 0 Å². The van der Waals surface area contributed by atoms with Crippen molar-refractivity contribution in [1.29, 1.82) is 0 Å². The van der Waals surface area contributed by atoms with E-state index in [-0.39, 0.29) is 11.5 Å². The van der Waals surface area contributed by atoms with Gasteiger partial charge in [-0.2, -0.15) is 0 Å². The lowest BCUT2D eigenvalue weighted by Crippen LogP contribution is -2.31. The smallest absolute Gasteiger partial charge is 0.157 e. The van der Waals surface area contributed by atoms with E-state index in [2.05, 4.69) is 0 Å². The molecule has 0 amide bonds. The monoisotopic (exact) mass is 169 g/mol. The van der Waals surface area contributed by atoms with E-state index in [4.69, 9.17) is 15.9 Å². The van der Waals surface area contributed by atoms with E-state index in [0.717, 1.165) is 0 Å². The Bertz CT molecular complexity index is 291. The van der Waals surface area contributed by atoms with E-state index in [1.54, 1.807) is 0 Å². The van der Waals surface area contributed by atoms with Gasteiger partial charge in [-0.3, -0.25) is 0 Å². The molecule has 4 heteroatoms. The molecule has 1 rings (SSSR count). The number of aliphatic hydroxyl groups is 1. The average Bonchev–Trinajstić information content (AvgIpc) is 1.92. The highest BCUT2D eigenvalue weighted by atomic mass is 16.3. The van der Waals surface area contributed by atoms with Crippen LogP contribution in [0.4, 0.5) is 0 Å². The summed E-state index contributed by atoms with van der Waals surface area (Å²) < 4.78 is 0. The predicted octanol–water partition coefficient (Wildman–Crippen LogP) is 0.222. The minimum atomic E-state index is -1.49. The highest BCUT2D eigenvalue weighted by Gasteiger charge is 2.17. The van der Waals surface area contributed by atoms with Crippen molar-refractivity contribution >= 4 is 0 Å². The summed E-state index contributed by atoms with van der Waals surface area (Å²) >= 11 is 0. The van der Waals surface area contributed by atoms with Gasteiger partial charge in [0.1, 0.15) is 5.72 Å². The van der Waals surface area contributed by atoms with E-state index in [1.165, 1.54) is 25.1 Å². The standard InChI is InChI=1S/C8H11NO3/c1-8(9,12)5-2-3-6(10)7(11)4-5/h2-4,10-12H,9H2,1H3. The maximum atomic E-state index is 9.29. The third-order valence-electron chi connectivity index (χ3n) is 1.56. The third-order valence-corrected chi connectivity index (χ3v) is 1.56. The van der Waals surface area contributed by atoms with Crippen LogP contribution in [0.5, 0.6) is 11.5 Å². The van der Waals surface area contributed by atoms with Gasteiger partial charge in [0.25, 0.3) is 0 Å². The first-order chi connectivity index (χ1) is 5.41. The second-order valence-electron chi connectivity index (χ2n) is 2.85. The molecule has 0 radical (unpaired) electrons. The van der Waals surface area contributed by atoms with Gasteiger partial charge in [-0.15, -0.1) is 0 Å². The van der Waals surface area contributed by atoms with Crippen LogP contribution >= 0.6 is 0 Å². The molecule has 0 aliphatic rings. The first-order valence-electron chi connectivity index (χ1n) is 3.45. The Morgan fingerprint density at radius 2 is 1.83 bits per heavy atom. The van der Waals surface area contributed by atoms with Crippen molar-refractivity contribution in [3.63, 3.8) is 0 Å². The number of phenolic OH excluding ortho intramolecular Hbond substituents is 2. The van der Waals surface area contributed by atoms with Gasteiger partial charge in [0.05, 0.1) is 0 Å². The second-order valence-corrected chi connectivity index (χ2v) is 2.85. The molecule has 5 N–H and O–H groups in total. The van der Waals surface area contributed by atoms with Crippen LogP contribution in [0.1, 0.15) is 12.5 Å². The Kier molecular flexibility index (Phi) is 1.95. The van der Waals surface area contributed by atoms with Gasteiger partial charge < -0.3 is 21.1 Å². The SMILES string of the molecule is CC(N)(O)c1ccc(O)c(O)c1. The Hall–Kier alpha value is -1.26. The molecule has 12 heavy (non-hydrogen) atoms. The van der Waals surface area contributed by atoms with Crippen LogP contribution < -0.4 is 5.73 Å². The second kappa shape index (κ2) is 2.66. The molecule has 1 atom stereocenters. The zero-order valence-corrected chi connectivity index (χ0v) is 6.65. The van der Waals surface area contributed by atoms with Crippen molar-refractivity contribution in [1.82, 2.24) is 0 Å². The summed E-state index contributed by atoms with van der Waals surface area (Å²) in [6.07, 6.45) is 0. The largest absolute Gasteiger partial charge is 0.504 e. The molecule has 0 aliphatic carbocycles. The highest BCUT2D eigenvalue weighted by molar-refractivity contribution is 5.41. The molecule has 0 saturated heterocycles. The lowest BCUT2D eigenvalue weighted by molar-refractivity contribution is 0.0644. The molecule has 0 aromatic heterocycles. The molecule has 1 unspecified atom stereocenters. The normalized spacial score (nSPS) is 15.6. The first-order valence-corrected chi connectivity index (χ1v) is 3.45. The van der Waals surface area contributed by atoms with Gasteiger partial charge in [0.2, 0.25) is 0 Å². The fourth-order valence-corrected chi connectivity index (χ4v) is 0.838. The summed E-state index contributed by atoms with van der Waals surface area (Å²) in [4.78, 5) is 0. The van der Waals surface area contributed by atoms with Crippen molar-refractivity contribution in [3.8, 4) is 11.5 Å². The fraction of sp³-hybridized carbons (Fsp3) is 0.250. The van der Waals surface area contributed by atoms with E-state index in [0.29, 0.717) is 5.56 Å². The van der Waals surface area contributed by atoms with Crippen molar-refractivity contribution in [2.45, 2.75) is 12.6 Å². The molecule has 1 aromatic carbocycles. The molecule has 66 valence electrons.